The molecule has 0 fully saturated rings. The topological polar surface area (TPSA) is 38.0 Å². The van der Waals surface area contributed by atoms with Crippen molar-refractivity contribution in [3.8, 4) is 0 Å². The number of fused-ring (bicyclic) bond motifs is 1. The molecular weight excluding hydrogens is 348 g/mol. The fourth-order valence-electron chi connectivity index (χ4n) is 3.03. The first-order valence-corrected chi connectivity index (χ1v) is 8.36. The van der Waals surface area contributed by atoms with Gasteiger partial charge in [0.2, 0.25) is 0 Å². The van der Waals surface area contributed by atoms with Crippen LogP contribution in [0.3, 0.4) is 0 Å². The molecule has 1 atom stereocenters. The van der Waals surface area contributed by atoms with Crippen molar-refractivity contribution in [2.45, 2.75) is 31.7 Å². The number of nitrogens with one attached hydrogen (secondary N) is 1. The van der Waals surface area contributed by atoms with Gasteiger partial charge in [-0.3, -0.25) is 11.3 Å². The molecule has 0 amide bonds. The van der Waals surface area contributed by atoms with E-state index >= 15 is 0 Å². The molecule has 2 aromatic rings. The normalized spacial score (nSPS) is 15.0. The first-order valence-electron chi connectivity index (χ1n) is 7.19. The summed E-state index contributed by atoms with van der Waals surface area (Å²) in [6.45, 7) is 0. The van der Waals surface area contributed by atoms with E-state index in [4.69, 9.17) is 17.4 Å². The maximum Gasteiger partial charge on any atom is 0.0515 e. The molecule has 0 bridgehead atoms. The van der Waals surface area contributed by atoms with Crippen molar-refractivity contribution in [2.24, 2.45) is 5.84 Å². The van der Waals surface area contributed by atoms with E-state index in [0.29, 0.717) is 0 Å². The maximum atomic E-state index is 6.31. The number of hydrazine groups is 1. The van der Waals surface area contributed by atoms with Gasteiger partial charge in [-0.05, 0) is 66.1 Å². The lowest BCUT2D eigenvalue weighted by molar-refractivity contribution is 0.551. The van der Waals surface area contributed by atoms with Crippen molar-refractivity contribution in [3.63, 3.8) is 0 Å². The number of hydrogen-bond acceptors (Lipinski definition) is 2. The van der Waals surface area contributed by atoms with Gasteiger partial charge in [-0.2, -0.15) is 0 Å². The minimum absolute atomic E-state index is 0.00875. The van der Waals surface area contributed by atoms with Crippen molar-refractivity contribution < 1.29 is 0 Å². The van der Waals surface area contributed by atoms with Gasteiger partial charge < -0.3 is 0 Å². The summed E-state index contributed by atoms with van der Waals surface area (Å²) in [6.07, 6.45) is 4.52. The Morgan fingerprint density at radius 2 is 1.95 bits per heavy atom. The Balaban J connectivity index is 1.86. The van der Waals surface area contributed by atoms with Gasteiger partial charge in [0.25, 0.3) is 0 Å². The lowest BCUT2D eigenvalue weighted by atomic mass is 9.97. The van der Waals surface area contributed by atoms with Crippen LogP contribution in [-0.2, 0) is 19.3 Å². The molecule has 1 aliphatic carbocycles. The van der Waals surface area contributed by atoms with E-state index < -0.39 is 0 Å². The summed E-state index contributed by atoms with van der Waals surface area (Å²) in [4.78, 5) is 0. The smallest absolute Gasteiger partial charge is 0.0515 e. The van der Waals surface area contributed by atoms with E-state index in [1.54, 1.807) is 0 Å². The number of hydrogen-bond donors (Lipinski definition) is 2. The van der Waals surface area contributed by atoms with Gasteiger partial charge in [-0.1, -0.05) is 45.7 Å². The number of rotatable bonds is 4. The average molecular weight is 366 g/mol. The average Bonchev–Trinajstić information content (AvgIpc) is 2.95. The monoisotopic (exact) mass is 364 g/mol. The molecule has 2 aromatic carbocycles. The van der Waals surface area contributed by atoms with Gasteiger partial charge in [0.15, 0.2) is 0 Å². The molecule has 3 N–H and O–H groups in total. The predicted octanol–water partition coefficient (Wildman–Crippen LogP) is 4.34. The first-order chi connectivity index (χ1) is 10.2. The third-order valence-corrected chi connectivity index (χ3v) is 4.97. The van der Waals surface area contributed by atoms with Gasteiger partial charge >= 0.3 is 0 Å². The van der Waals surface area contributed by atoms with Gasteiger partial charge in [0.05, 0.1) is 6.04 Å². The molecule has 4 heteroatoms. The molecule has 0 heterocycles. The molecular formula is C17H18BrClN2. The van der Waals surface area contributed by atoms with Gasteiger partial charge in [-0.25, -0.2) is 0 Å². The van der Waals surface area contributed by atoms with Gasteiger partial charge in [-0.15, -0.1) is 0 Å². The Morgan fingerprint density at radius 3 is 2.76 bits per heavy atom. The molecule has 0 saturated carbocycles. The molecule has 1 unspecified atom stereocenters. The highest BCUT2D eigenvalue weighted by molar-refractivity contribution is 9.10. The van der Waals surface area contributed by atoms with Crippen LogP contribution in [0.4, 0.5) is 0 Å². The standard InChI is InChI=1S/C17H18BrClN2/c18-14-6-7-16(19)15(10-14)17(21-20)9-11-4-5-12-2-1-3-13(12)8-11/h4-8,10,17,21H,1-3,9,20H2. The lowest BCUT2D eigenvalue weighted by Crippen LogP contribution is -2.29. The quantitative estimate of drug-likeness (QED) is 0.625. The van der Waals surface area contributed by atoms with E-state index in [1.165, 1.54) is 36.0 Å². The minimum Gasteiger partial charge on any atom is -0.271 e. The highest BCUT2D eigenvalue weighted by Crippen LogP contribution is 2.30. The van der Waals surface area contributed by atoms with Crippen molar-refractivity contribution in [3.05, 3.63) is 68.1 Å². The summed E-state index contributed by atoms with van der Waals surface area (Å²) in [6, 6.07) is 12.7. The van der Waals surface area contributed by atoms with Gasteiger partial charge in [0.1, 0.15) is 0 Å². The molecule has 0 aliphatic heterocycles. The third-order valence-electron chi connectivity index (χ3n) is 4.14. The third kappa shape index (κ3) is 3.32. The number of nitrogens with two attached hydrogens (primary N) is 1. The Bertz CT molecular complexity index is 657. The number of benzene rings is 2. The molecule has 21 heavy (non-hydrogen) atoms. The fraction of sp³-hybridized carbons (Fsp3) is 0.294. The molecule has 0 radical (unpaired) electrons. The van der Waals surface area contributed by atoms with E-state index in [2.05, 4.69) is 39.6 Å². The Kier molecular flexibility index (Phi) is 4.65. The second-order valence-corrected chi connectivity index (χ2v) is 6.87. The SMILES string of the molecule is NNC(Cc1ccc2c(c1)CCC2)c1cc(Br)ccc1Cl. The van der Waals surface area contributed by atoms with Crippen LogP contribution in [0.5, 0.6) is 0 Å². The maximum absolute atomic E-state index is 6.31. The molecule has 3 rings (SSSR count). The van der Waals surface area contributed by atoms with Gasteiger partial charge in [0, 0.05) is 9.50 Å². The van der Waals surface area contributed by atoms with E-state index in [-0.39, 0.29) is 6.04 Å². The summed E-state index contributed by atoms with van der Waals surface area (Å²) < 4.78 is 1.01. The first kappa shape index (κ1) is 15.0. The highest BCUT2D eigenvalue weighted by Gasteiger charge is 2.16. The van der Waals surface area contributed by atoms with E-state index in [1.807, 2.05) is 18.2 Å². The van der Waals surface area contributed by atoms with Crippen molar-refractivity contribution in [1.82, 2.24) is 5.43 Å². The second-order valence-electron chi connectivity index (χ2n) is 5.55. The van der Waals surface area contributed by atoms with Crippen LogP contribution in [0.15, 0.2) is 40.9 Å². The summed E-state index contributed by atoms with van der Waals surface area (Å²) in [5.41, 5.74) is 8.21. The minimum atomic E-state index is 0.00875. The summed E-state index contributed by atoms with van der Waals surface area (Å²) in [5.74, 6) is 5.76. The largest absolute Gasteiger partial charge is 0.271 e. The molecule has 110 valence electrons. The Labute approximate surface area is 138 Å². The summed E-state index contributed by atoms with van der Waals surface area (Å²) >= 11 is 9.81. The predicted molar refractivity (Wildman–Crippen MR) is 91.4 cm³/mol. The van der Waals surface area contributed by atoms with Crippen molar-refractivity contribution >= 4 is 27.5 Å². The fourth-order valence-corrected chi connectivity index (χ4v) is 3.66. The van der Waals surface area contributed by atoms with Crippen LogP contribution < -0.4 is 11.3 Å². The van der Waals surface area contributed by atoms with Crippen LogP contribution in [-0.4, -0.2) is 0 Å². The second kappa shape index (κ2) is 6.49. The van der Waals surface area contributed by atoms with Crippen LogP contribution in [0, 0.1) is 0 Å². The molecule has 2 nitrogen and oxygen atoms in total. The lowest BCUT2D eigenvalue weighted by Gasteiger charge is -2.18. The summed E-state index contributed by atoms with van der Waals surface area (Å²) in [5, 5.41) is 0.738. The van der Waals surface area contributed by atoms with Crippen LogP contribution in [0.1, 0.15) is 34.7 Å². The zero-order valence-electron chi connectivity index (χ0n) is 11.7. The molecule has 0 saturated heterocycles. The van der Waals surface area contributed by atoms with Crippen LogP contribution >= 0.6 is 27.5 Å². The molecule has 0 aromatic heterocycles. The Morgan fingerprint density at radius 1 is 1.14 bits per heavy atom. The number of halogens is 2. The van der Waals surface area contributed by atoms with Crippen LogP contribution in [0.2, 0.25) is 5.02 Å². The number of aryl methyl sites for hydroxylation is 2. The van der Waals surface area contributed by atoms with E-state index in [9.17, 15) is 0 Å². The molecule has 0 spiro atoms. The summed E-state index contributed by atoms with van der Waals surface area (Å²) in [7, 11) is 0. The zero-order chi connectivity index (χ0) is 14.8. The van der Waals surface area contributed by atoms with Crippen molar-refractivity contribution in [1.29, 1.82) is 0 Å². The molecule has 1 aliphatic rings. The highest BCUT2D eigenvalue weighted by atomic mass is 79.9. The Hall–Kier alpha value is -0.870. The van der Waals surface area contributed by atoms with Crippen molar-refractivity contribution in [2.75, 3.05) is 0 Å². The zero-order valence-corrected chi connectivity index (χ0v) is 14.0. The van der Waals surface area contributed by atoms with E-state index in [0.717, 1.165) is 21.5 Å². The van der Waals surface area contributed by atoms with Crippen LogP contribution in [0.25, 0.3) is 0 Å².